The van der Waals surface area contributed by atoms with Crippen molar-refractivity contribution in [3.8, 4) is 10.6 Å². The summed E-state index contributed by atoms with van der Waals surface area (Å²) in [6.07, 6.45) is 1.41. The summed E-state index contributed by atoms with van der Waals surface area (Å²) in [6, 6.07) is 8.75. The van der Waals surface area contributed by atoms with Gasteiger partial charge in [0.05, 0.1) is 0 Å². The van der Waals surface area contributed by atoms with Gasteiger partial charge in [-0.05, 0) is 49.2 Å². The number of rotatable bonds is 3. The minimum atomic E-state index is -0.667. The number of carbonyl (C=O) groups excluding carboxylic acids is 1. The van der Waals surface area contributed by atoms with Gasteiger partial charge in [-0.3, -0.25) is 0 Å². The Labute approximate surface area is 169 Å². The summed E-state index contributed by atoms with van der Waals surface area (Å²) in [7, 11) is 0. The second-order valence-corrected chi connectivity index (χ2v) is 7.78. The van der Waals surface area contributed by atoms with Crippen LogP contribution in [0, 0.1) is 17.5 Å². The average molecular weight is 418 g/mol. The standard InChI is InChI=1S/C20H17F3N4OS/c21-13-1-4-15(5-2-13)24-20(28)27-9-7-12(8-10-27)18-25-26-19(29-18)16-6-3-14(22)11-17(16)23/h1-6,11-12H,7-10H2,(H,24,28). The van der Waals surface area contributed by atoms with Gasteiger partial charge in [-0.2, -0.15) is 0 Å². The van der Waals surface area contributed by atoms with Crippen LogP contribution in [0.1, 0.15) is 23.8 Å². The van der Waals surface area contributed by atoms with Crippen LogP contribution in [0.15, 0.2) is 42.5 Å². The summed E-state index contributed by atoms with van der Waals surface area (Å²) in [6.45, 7) is 1.08. The maximum Gasteiger partial charge on any atom is 0.321 e. The molecule has 1 saturated heterocycles. The van der Waals surface area contributed by atoms with Gasteiger partial charge in [0.1, 0.15) is 22.5 Å². The molecule has 0 spiro atoms. The smallest absolute Gasteiger partial charge is 0.321 e. The van der Waals surface area contributed by atoms with Gasteiger partial charge >= 0.3 is 6.03 Å². The van der Waals surface area contributed by atoms with Crippen molar-refractivity contribution < 1.29 is 18.0 Å². The van der Waals surface area contributed by atoms with Crippen LogP contribution in [0.3, 0.4) is 0 Å². The van der Waals surface area contributed by atoms with Gasteiger partial charge in [0.25, 0.3) is 0 Å². The van der Waals surface area contributed by atoms with E-state index in [1.807, 2.05) is 0 Å². The fourth-order valence-corrected chi connectivity index (χ4v) is 4.28. The van der Waals surface area contributed by atoms with E-state index in [2.05, 4.69) is 15.5 Å². The van der Waals surface area contributed by atoms with Crippen LogP contribution in [0.4, 0.5) is 23.7 Å². The molecule has 2 aromatic carbocycles. The lowest BCUT2D eigenvalue weighted by atomic mass is 9.98. The summed E-state index contributed by atoms with van der Waals surface area (Å²) in [4.78, 5) is 14.1. The number of nitrogens with one attached hydrogen (secondary N) is 1. The van der Waals surface area contributed by atoms with E-state index in [1.54, 1.807) is 4.90 Å². The Kier molecular flexibility index (Phi) is 5.48. The maximum atomic E-state index is 14.0. The van der Waals surface area contributed by atoms with Crippen LogP contribution in [0.5, 0.6) is 0 Å². The molecule has 1 aromatic heterocycles. The highest BCUT2D eigenvalue weighted by molar-refractivity contribution is 7.14. The zero-order valence-corrected chi connectivity index (χ0v) is 16.1. The first kappa shape index (κ1) is 19.4. The average Bonchev–Trinajstić information content (AvgIpc) is 3.20. The van der Waals surface area contributed by atoms with Crippen LogP contribution in [0.2, 0.25) is 0 Å². The fourth-order valence-electron chi connectivity index (χ4n) is 3.24. The molecule has 0 aliphatic carbocycles. The van der Waals surface area contributed by atoms with E-state index in [1.165, 1.54) is 47.7 Å². The van der Waals surface area contributed by atoms with E-state index in [0.717, 1.165) is 11.1 Å². The number of urea groups is 1. The molecule has 2 amide bonds. The largest absolute Gasteiger partial charge is 0.324 e. The van der Waals surface area contributed by atoms with Crippen molar-refractivity contribution in [1.82, 2.24) is 15.1 Å². The molecule has 29 heavy (non-hydrogen) atoms. The van der Waals surface area contributed by atoms with E-state index >= 15 is 0 Å². The Bertz CT molecular complexity index is 1020. The normalized spacial score (nSPS) is 14.8. The van der Waals surface area contributed by atoms with E-state index < -0.39 is 11.6 Å². The van der Waals surface area contributed by atoms with Gasteiger partial charge in [0.2, 0.25) is 0 Å². The predicted molar refractivity (Wildman–Crippen MR) is 104 cm³/mol. The number of piperidine rings is 1. The monoisotopic (exact) mass is 418 g/mol. The summed E-state index contributed by atoms with van der Waals surface area (Å²) in [5.74, 6) is -1.54. The van der Waals surface area contributed by atoms with Crippen molar-refractivity contribution in [3.05, 3.63) is 64.9 Å². The minimum absolute atomic E-state index is 0.125. The van der Waals surface area contributed by atoms with Gasteiger partial charge in [0.15, 0.2) is 5.01 Å². The van der Waals surface area contributed by atoms with Crippen molar-refractivity contribution in [1.29, 1.82) is 0 Å². The molecule has 0 atom stereocenters. The maximum absolute atomic E-state index is 14.0. The second-order valence-electron chi connectivity index (χ2n) is 6.77. The van der Waals surface area contributed by atoms with Gasteiger partial charge in [-0.25, -0.2) is 18.0 Å². The number of carbonyl (C=O) groups is 1. The third-order valence-corrected chi connectivity index (χ3v) is 5.95. The Morgan fingerprint density at radius 1 is 1.00 bits per heavy atom. The zero-order valence-electron chi connectivity index (χ0n) is 15.2. The highest BCUT2D eigenvalue weighted by atomic mass is 32.1. The third kappa shape index (κ3) is 4.40. The first-order valence-electron chi connectivity index (χ1n) is 9.10. The Balaban J connectivity index is 1.36. The molecule has 0 saturated carbocycles. The van der Waals surface area contributed by atoms with E-state index in [-0.39, 0.29) is 23.3 Å². The fraction of sp³-hybridized carbons (Fsp3) is 0.250. The molecule has 0 bridgehead atoms. The number of nitrogens with zero attached hydrogens (tertiary/aromatic N) is 3. The van der Waals surface area contributed by atoms with Crippen LogP contribution in [-0.2, 0) is 0 Å². The molecule has 0 unspecified atom stereocenters. The number of halogens is 3. The number of hydrogen-bond acceptors (Lipinski definition) is 4. The van der Waals surface area contributed by atoms with E-state index in [0.29, 0.717) is 36.6 Å². The summed E-state index contributed by atoms with van der Waals surface area (Å²) >= 11 is 1.29. The predicted octanol–water partition coefficient (Wildman–Crippen LogP) is 5.03. The van der Waals surface area contributed by atoms with Crippen LogP contribution in [-0.4, -0.2) is 34.2 Å². The lowest BCUT2D eigenvalue weighted by molar-refractivity contribution is 0.194. The lowest BCUT2D eigenvalue weighted by Gasteiger charge is -2.30. The molecule has 150 valence electrons. The highest BCUT2D eigenvalue weighted by Gasteiger charge is 2.27. The Morgan fingerprint density at radius 2 is 1.69 bits per heavy atom. The molecule has 1 fully saturated rings. The minimum Gasteiger partial charge on any atom is -0.324 e. The summed E-state index contributed by atoms with van der Waals surface area (Å²) in [5, 5.41) is 12.2. The molecule has 0 radical (unpaired) electrons. The van der Waals surface area contributed by atoms with Crippen molar-refractivity contribution in [2.45, 2.75) is 18.8 Å². The summed E-state index contributed by atoms with van der Waals surface area (Å²) in [5.41, 5.74) is 0.764. The number of benzene rings is 2. The van der Waals surface area contributed by atoms with Gasteiger partial charge in [-0.1, -0.05) is 11.3 Å². The number of anilines is 1. The molecular weight excluding hydrogens is 401 g/mol. The number of aromatic nitrogens is 2. The third-order valence-electron chi connectivity index (χ3n) is 4.83. The zero-order chi connectivity index (χ0) is 20.4. The summed E-state index contributed by atoms with van der Waals surface area (Å²) < 4.78 is 40.0. The van der Waals surface area contributed by atoms with Crippen LogP contribution in [0.25, 0.3) is 10.6 Å². The SMILES string of the molecule is O=C(Nc1ccc(F)cc1)N1CCC(c2nnc(-c3ccc(F)cc3F)s2)CC1. The lowest BCUT2D eigenvalue weighted by Crippen LogP contribution is -2.40. The van der Waals surface area contributed by atoms with Gasteiger partial charge in [-0.15, -0.1) is 10.2 Å². The molecule has 5 nitrogen and oxygen atoms in total. The first-order valence-corrected chi connectivity index (χ1v) is 9.91. The van der Waals surface area contributed by atoms with Crippen molar-refractivity contribution in [3.63, 3.8) is 0 Å². The molecule has 1 N–H and O–H groups in total. The van der Waals surface area contributed by atoms with Gasteiger partial charge < -0.3 is 10.2 Å². The number of hydrogen-bond donors (Lipinski definition) is 1. The molecule has 4 rings (SSSR count). The van der Waals surface area contributed by atoms with Crippen molar-refractivity contribution in [2.75, 3.05) is 18.4 Å². The van der Waals surface area contributed by atoms with Crippen molar-refractivity contribution in [2.24, 2.45) is 0 Å². The quantitative estimate of drug-likeness (QED) is 0.649. The molecule has 3 aromatic rings. The van der Waals surface area contributed by atoms with E-state index in [9.17, 15) is 18.0 Å². The van der Waals surface area contributed by atoms with Crippen molar-refractivity contribution >= 4 is 23.1 Å². The van der Waals surface area contributed by atoms with Gasteiger partial charge in [0, 0.05) is 36.3 Å². The number of likely N-dealkylation sites (tertiary alicyclic amines) is 1. The molecule has 2 heterocycles. The highest BCUT2D eigenvalue weighted by Crippen LogP contribution is 2.34. The molecule has 9 heteroatoms. The Morgan fingerprint density at radius 3 is 2.38 bits per heavy atom. The molecule has 1 aliphatic rings. The van der Waals surface area contributed by atoms with Crippen LogP contribution >= 0.6 is 11.3 Å². The van der Waals surface area contributed by atoms with Crippen LogP contribution < -0.4 is 5.32 Å². The van der Waals surface area contributed by atoms with E-state index in [4.69, 9.17) is 0 Å². The topological polar surface area (TPSA) is 58.1 Å². The second kappa shape index (κ2) is 8.20. The first-order chi connectivity index (χ1) is 14.0. The Hall–Kier alpha value is -2.94. The molecular formula is C20H17F3N4OS. The number of amides is 2. The molecule has 1 aliphatic heterocycles.